The number of aryl methyl sites for hydroxylation is 1. The van der Waals surface area contributed by atoms with Crippen molar-refractivity contribution >= 4 is 23.2 Å². The molecule has 3 unspecified atom stereocenters. The number of hydrogen-bond donors (Lipinski definition) is 1. The maximum absolute atomic E-state index is 12.9. The molecule has 116 valence electrons. The van der Waals surface area contributed by atoms with Gasteiger partial charge in [0.1, 0.15) is 16.6 Å². The monoisotopic (exact) mass is 309 g/mol. The van der Waals surface area contributed by atoms with Crippen LogP contribution in [0.3, 0.4) is 0 Å². The molecular weight excluding hydrogens is 286 g/mol. The Bertz CT molecular complexity index is 557. The molecule has 3 atom stereocenters. The summed E-state index contributed by atoms with van der Waals surface area (Å²) in [6, 6.07) is -0.602. The number of piperazine rings is 1. The van der Waals surface area contributed by atoms with E-state index in [-0.39, 0.29) is 17.9 Å². The van der Waals surface area contributed by atoms with Crippen LogP contribution in [0, 0.1) is 6.92 Å². The van der Waals surface area contributed by atoms with E-state index in [9.17, 15) is 9.59 Å². The molecule has 2 rings (SSSR count). The third-order valence-electron chi connectivity index (χ3n) is 4.25. The second-order valence-corrected chi connectivity index (χ2v) is 6.70. The van der Waals surface area contributed by atoms with Gasteiger partial charge in [0.15, 0.2) is 0 Å². The SMILES string of the molecule is CCC1C(=O)NC(C)(CC)C(=O)N1C(C)c1nc(C)cs1. The van der Waals surface area contributed by atoms with E-state index in [1.54, 1.807) is 11.8 Å². The minimum absolute atomic E-state index is 0.0168. The summed E-state index contributed by atoms with van der Waals surface area (Å²) in [5, 5.41) is 5.74. The van der Waals surface area contributed by atoms with E-state index in [2.05, 4.69) is 10.3 Å². The van der Waals surface area contributed by atoms with Gasteiger partial charge in [-0.15, -0.1) is 11.3 Å². The molecule has 5 nitrogen and oxygen atoms in total. The molecule has 6 heteroatoms. The van der Waals surface area contributed by atoms with Crippen LogP contribution in [-0.4, -0.2) is 33.3 Å². The first kappa shape index (κ1) is 15.9. The van der Waals surface area contributed by atoms with E-state index in [4.69, 9.17) is 0 Å². The van der Waals surface area contributed by atoms with Crippen molar-refractivity contribution in [2.45, 2.75) is 65.1 Å². The summed E-state index contributed by atoms with van der Waals surface area (Å²) in [7, 11) is 0. The number of aromatic nitrogens is 1. The first-order chi connectivity index (χ1) is 9.84. The maximum atomic E-state index is 12.9. The van der Waals surface area contributed by atoms with Crippen molar-refractivity contribution in [1.29, 1.82) is 0 Å². The Labute approximate surface area is 129 Å². The molecule has 0 radical (unpaired) electrons. The van der Waals surface area contributed by atoms with Crippen LogP contribution in [0.1, 0.15) is 57.3 Å². The number of nitrogens with zero attached hydrogens (tertiary/aromatic N) is 2. The first-order valence-electron chi connectivity index (χ1n) is 7.40. The molecule has 0 bridgehead atoms. The molecule has 1 aromatic rings. The fourth-order valence-electron chi connectivity index (χ4n) is 2.71. The van der Waals surface area contributed by atoms with E-state index in [0.717, 1.165) is 10.7 Å². The molecule has 1 aliphatic heterocycles. The van der Waals surface area contributed by atoms with Gasteiger partial charge in [-0.3, -0.25) is 9.59 Å². The number of carbonyl (C=O) groups is 2. The van der Waals surface area contributed by atoms with Crippen LogP contribution in [0.5, 0.6) is 0 Å². The van der Waals surface area contributed by atoms with E-state index < -0.39 is 11.6 Å². The molecule has 1 saturated heterocycles. The zero-order valence-electron chi connectivity index (χ0n) is 13.3. The summed E-state index contributed by atoms with van der Waals surface area (Å²) in [5.41, 5.74) is 0.130. The van der Waals surface area contributed by atoms with Gasteiger partial charge in [-0.1, -0.05) is 13.8 Å². The number of nitrogens with one attached hydrogen (secondary N) is 1. The third kappa shape index (κ3) is 2.69. The van der Waals surface area contributed by atoms with Crippen LogP contribution in [0.15, 0.2) is 5.38 Å². The zero-order valence-corrected chi connectivity index (χ0v) is 14.1. The summed E-state index contributed by atoms with van der Waals surface area (Å²) in [5.74, 6) is -0.0848. The molecule has 2 amide bonds. The third-order valence-corrected chi connectivity index (χ3v) is 5.38. The normalized spacial score (nSPS) is 27.7. The minimum atomic E-state index is -0.816. The summed E-state index contributed by atoms with van der Waals surface area (Å²) < 4.78 is 0. The predicted octanol–water partition coefficient (Wildman–Crippen LogP) is 2.42. The average molecular weight is 309 g/mol. The van der Waals surface area contributed by atoms with E-state index in [1.807, 2.05) is 33.1 Å². The first-order valence-corrected chi connectivity index (χ1v) is 8.28. The van der Waals surface area contributed by atoms with E-state index >= 15 is 0 Å². The zero-order chi connectivity index (χ0) is 15.8. The number of amides is 2. The van der Waals surface area contributed by atoms with Crippen molar-refractivity contribution in [2.24, 2.45) is 0 Å². The second kappa shape index (κ2) is 5.75. The Morgan fingerprint density at radius 2 is 2.14 bits per heavy atom. The molecule has 0 spiro atoms. The van der Waals surface area contributed by atoms with Crippen molar-refractivity contribution in [2.75, 3.05) is 0 Å². The molecule has 2 heterocycles. The van der Waals surface area contributed by atoms with Crippen molar-refractivity contribution in [3.63, 3.8) is 0 Å². The van der Waals surface area contributed by atoms with Crippen molar-refractivity contribution in [1.82, 2.24) is 15.2 Å². The standard InChI is InChI=1S/C15H23N3O2S/c1-6-11-12(19)17-15(5,7-2)14(20)18(11)10(4)13-16-9(3)8-21-13/h8,10-11H,6-7H2,1-5H3,(H,17,19). The van der Waals surface area contributed by atoms with Gasteiger partial charge in [0.25, 0.3) is 0 Å². The summed E-state index contributed by atoms with van der Waals surface area (Å²) in [4.78, 5) is 31.5. The van der Waals surface area contributed by atoms with Gasteiger partial charge in [-0.25, -0.2) is 4.98 Å². The molecule has 1 N–H and O–H groups in total. The summed E-state index contributed by atoms with van der Waals surface area (Å²) >= 11 is 1.54. The van der Waals surface area contributed by atoms with Crippen LogP contribution >= 0.6 is 11.3 Å². The largest absolute Gasteiger partial charge is 0.340 e. The van der Waals surface area contributed by atoms with Gasteiger partial charge in [0.2, 0.25) is 11.8 Å². The lowest BCUT2D eigenvalue weighted by molar-refractivity contribution is -0.157. The Morgan fingerprint density at radius 1 is 1.48 bits per heavy atom. The molecule has 0 saturated carbocycles. The van der Waals surface area contributed by atoms with Gasteiger partial charge >= 0.3 is 0 Å². The highest BCUT2D eigenvalue weighted by Gasteiger charge is 2.48. The molecule has 0 aromatic carbocycles. The Balaban J connectivity index is 2.40. The smallest absolute Gasteiger partial charge is 0.249 e. The summed E-state index contributed by atoms with van der Waals surface area (Å²) in [6.45, 7) is 9.53. The lowest BCUT2D eigenvalue weighted by atomic mass is 9.90. The molecule has 1 fully saturated rings. The maximum Gasteiger partial charge on any atom is 0.249 e. The van der Waals surface area contributed by atoms with Crippen LogP contribution in [0.2, 0.25) is 0 Å². The van der Waals surface area contributed by atoms with Crippen molar-refractivity contribution in [3.8, 4) is 0 Å². The molecule has 0 aliphatic carbocycles. The quantitative estimate of drug-likeness (QED) is 0.929. The van der Waals surface area contributed by atoms with Gasteiger partial charge < -0.3 is 10.2 Å². The second-order valence-electron chi connectivity index (χ2n) is 5.81. The van der Waals surface area contributed by atoms with Crippen molar-refractivity contribution < 1.29 is 9.59 Å². The number of thiazole rings is 1. The van der Waals surface area contributed by atoms with Gasteiger partial charge in [-0.2, -0.15) is 0 Å². The Kier molecular flexibility index (Phi) is 4.37. The van der Waals surface area contributed by atoms with Gasteiger partial charge in [0, 0.05) is 11.1 Å². The van der Waals surface area contributed by atoms with Crippen LogP contribution in [0.25, 0.3) is 0 Å². The summed E-state index contributed by atoms with van der Waals surface area (Å²) in [6.07, 6.45) is 1.18. The fraction of sp³-hybridized carbons (Fsp3) is 0.667. The molecular formula is C15H23N3O2S. The molecule has 1 aliphatic rings. The van der Waals surface area contributed by atoms with Gasteiger partial charge in [0.05, 0.1) is 6.04 Å². The van der Waals surface area contributed by atoms with Gasteiger partial charge in [-0.05, 0) is 33.6 Å². The van der Waals surface area contributed by atoms with Crippen LogP contribution in [0.4, 0.5) is 0 Å². The fourth-order valence-corrected chi connectivity index (χ4v) is 3.56. The van der Waals surface area contributed by atoms with Crippen LogP contribution in [-0.2, 0) is 9.59 Å². The highest BCUT2D eigenvalue weighted by Crippen LogP contribution is 2.32. The molecule has 1 aromatic heterocycles. The highest BCUT2D eigenvalue weighted by molar-refractivity contribution is 7.09. The minimum Gasteiger partial charge on any atom is -0.340 e. The van der Waals surface area contributed by atoms with E-state index in [0.29, 0.717) is 12.8 Å². The lowest BCUT2D eigenvalue weighted by Gasteiger charge is -2.46. The molecule has 21 heavy (non-hydrogen) atoms. The topological polar surface area (TPSA) is 62.3 Å². The predicted molar refractivity (Wildman–Crippen MR) is 83.0 cm³/mol. The number of rotatable bonds is 4. The number of carbonyl (C=O) groups excluding carboxylic acids is 2. The van der Waals surface area contributed by atoms with E-state index in [1.165, 1.54) is 11.3 Å². The van der Waals surface area contributed by atoms with Crippen molar-refractivity contribution in [3.05, 3.63) is 16.1 Å². The lowest BCUT2D eigenvalue weighted by Crippen LogP contribution is -2.69. The average Bonchev–Trinajstić information content (AvgIpc) is 2.88. The highest BCUT2D eigenvalue weighted by atomic mass is 32.1. The Morgan fingerprint density at radius 3 is 2.62 bits per heavy atom. The Hall–Kier alpha value is -1.43. The number of hydrogen-bond acceptors (Lipinski definition) is 4. The van der Waals surface area contributed by atoms with Crippen LogP contribution < -0.4 is 5.32 Å².